The number of anilines is 1. The van der Waals surface area contributed by atoms with Crippen LogP contribution >= 0.6 is 34.5 Å². The first-order chi connectivity index (χ1) is 11.4. The van der Waals surface area contributed by atoms with Crippen LogP contribution in [0.4, 0.5) is 5.69 Å². The van der Waals surface area contributed by atoms with Crippen LogP contribution in [0, 0.1) is 13.8 Å². The predicted octanol–water partition coefficient (Wildman–Crippen LogP) is 6.09. The van der Waals surface area contributed by atoms with Gasteiger partial charge in [0.05, 0.1) is 16.8 Å². The summed E-state index contributed by atoms with van der Waals surface area (Å²) in [4.78, 5) is 13.1. The van der Waals surface area contributed by atoms with Gasteiger partial charge in [-0.15, -0.1) is 11.3 Å². The van der Waals surface area contributed by atoms with Gasteiger partial charge in [-0.05, 0) is 37.6 Å². The Morgan fingerprint density at radius 1 is 1.12 bits per heavy atom. The summed E-state index contributed by atoms with van der Waals surface area (Å²) in [5.41, 5.74) is 2.91. The number of carbonyl (C=O) groups is 1. The van der Waals surface area contributed by atoms with Crippen LogP contribution in [0.15, 0.2) is 30.3 Å². The average Bonchev–Trinajstić information content (AvgIpc) is 2.88. The van der Waals surface area contributed by atoms with Crippen molar-refractivity contribution in [2.24, 2.45) is 0 Å². The highest BCUT2D eigenvalue weighted by atomic mass is 35.5. The summed E-state index contributed by atoms with van der Waals surface area (Å²) < 4.78 is 5.96. The molecule has 0 aliphatic rings. The highest BCUT2D eigenvalue weighted by Crippen LogP contribution is 2.43. The van der Waals surface area contributed by atoms with Crippen LogP contribution < -0.4 is 10.1 Å². The maximum atomic E-state index is 12.6. The van der Waals surface area contributed by atoms with Gasteiger partial charge in [-0.3, -0.25) is 4.79 Å². The lowest BCUT2D eigenvalue weighted by atomic mass is 10.1. The quantitative estimate of drug-likeness (QED) is 0.598. The third-order valence-corrected chi connectivity index (χ3v) is 5.97. The van der Waals surface area contributed by atoms with Crippen molar-refractivity contribution < 1.29 is 9.53 Å². The van der Waals surface area contributed by atoms with E-state index in [0.717, 1.165) is 26.9 Å². The van der Waals surface area contributed by atoms with Gasteiger partial charge < -0.3 is 10.1 Å². The summed E-state index contributed by atoms with van der Waals surface area (Å²) in [6, 6.07) is 9.42. The zero-order chi connectivity index (χ0) is 17.4. The Morgan fingerprint density at radius 2 is 1.88 bits per heavy atom. The number of carbonyl (C=O) groups excluding carboxylic acids is 1. The van der Waals surface area contributed by atoms with E-state index >= 15 is 0 Å². The largest absolute Gasteiger partial charge is 0.495 e. The molecule has 6 heteroatoms. The van der Waals surface area contributed by atoms with Gasteiger partial charge in [-0.1, -0.05) is 40.9 Å². The number of nitrogens with one attached hydrogen (secondary N) is 1. The maximum absolute atomic E-state index is 12.6. The van der Waals surface area contributed by atoms with Crippen LogP contribution in [0.5, 0.6) is 5.75 Å². The molecule has 0 aliphatic carbocycles. The van der Waals surface area contributed by atoms with Gasteiger partial charge >= 0.3 is 0 Å². The number of methoxy groups -OCH3 is 1. The van der Waals surface area contributed by atoms with Crippen molar-refractivity contribution in [3.63, 3.8) is 0 Å². The van der Waals surface area contributed by atoms with Gasteiger partial charge in [0.15, 0.2) is 0 Å². The lowest BCUT2D eigenvalue weighted by molar-refractivity contribution is 0.103. The van der Waals surface area contributed by atoms with Crippen molar-refractivity contribution in [1.29, 1.82) is 0 Å². The van der Waals surface area contributed by atoms with Gasteiger partial charge in [-0.2, -0.15) is 0 Å². The molecule has 3 nitrogen and oxygen atoms in total. The van der Waals surface area contributed by atoms with Gasteiger partial charge in [0.2, 0.25) is 0 Å². The molecule has 0 saturated heterocycles. The molecule has 1 N–H and O–H groups in total. The van der Waals surface area contributed by atoms with Crippen molar-refractivity contribution in [3.05, 3.63) is 56.4 Å². The Balaban J connectivity index is 2.01. The molecule has 124 valence electrons. The minimum Gasteiger partial charge on any atom is -0.495 e. The van der Waals surface area contributed by atoms with E-state index in [1.807, 2.05) is 38.1 Å². The highest BCUT2D eigenvalue weighted by molar-refractivity contribution is 7.22. The second-order valence-electron chi connectivity index (χ2n) is 5.48. The molecule has 0 aliphatic heterocycles. The number of ether oxygens (including phenoxy) is 1. The molecule has 0 atom stereocenters. The number of hydrogen-bond donors (Lipinski definition) is 1. The molecule has 24 heavy (non-hydrogen) atoms. The van der Waals surface area contributed by atoms with Gasteiger partial charge in [0.25, 0.3) is 5.91 Å². The third kappa shape index (κ3) is 2.97. The number of hydrogen-bond acceptors (Lipinski definition) is 3. The monoisotopic (exact) mass is 379 g/mol. The van der Waals surface area contributed by atoms with E-state index in [0.29, 0.717) is 20.7 Å². The molecule has 1 aromatic heterocycles. The molecular formula is C18H15Cl2NO2S. The SMILES string of the molecule is COc1ccc2c(Cl)c(C(=O)Nc3ccc(C)cc3C)sc2c1Cl. The lowest BCUT2D eigenvalue weighted by Crippen LogP contribution is -2.11. The Kier molecular flexibility index (Phi) is 4.72. The Hall–Kier alpha value is -1.75. The number of amides is 1. The van der Waals surface area contributed by atoms with E-state index in [-0.39, 0.29) is 5.91 Å². The number of fused-ring (bicyclic) bond motifs is 1. The van der Waals surface area contributed by atoms with Gasteiger partial charge in [0, 0.05) is 11.1 Å². The average molecular weight is 380 g/mol. The molecule has 3 rings (SSSR count). The molecule has 0 spiro atoms. The fourth-order valence-corrected chi connectivity index (χ4v) is 4.31. The van der Waals surface area contributed by atoms with E-state index in [9.17, 15) is 4.79 Å². The van der Waals surface area contributed by atoms with Crippen molar-refractivity contribution in [1.82, 2.24) is 0 Å². The number of halogens is 2. The van der Waals surface area contributed by atoms with E-state index in [1.165, 1.54) is 11.3 Å². The topological polar surface area (TPSA) is 38.3 Å². The molecule has 0 radical (unpaired) electrons. The standard InChI is InChI=1S/C18H15Cl2NO2S/c1-9-4-6-12(10(2)8-9)21-18(22)17-14(19)11-5-7-13(23-3)15(20)16(11)24-17/h4-8H,1-3H3,(H,21,22). The van der Waals surface area contributed by atoms with Crippen LogP contribution in [0.2, 0.25) is 10.0 Å². The van der Waals surface area contributed by atoms with Crippen LogP contribution in [0.25, 0.3) is 10.1 Å². The second kappa shape index (κ2) is 6.63. The first kappa shape index (κ1) is 17.1. The van der Waals surface area contributed by atoms with Crippen molar-refractivity contribution in [2.45, 2.75) is 13.8 Å². The van der Waals surface area contributed by atoms with Crippen molar-refractivity contribution in [2.75, 3.05) is 12.4 Å². The molecule has 0 saturated carbocycles. The van der Waals surface area contributed by atoms with Gasteiger partial charge in [-0.25, -0.2) is 0 Å². The lowest BCUT2D eigenvalue weighted by Gasteiger charge is -2.08. The molecule has 1 amide bonds. The first-order valence-corrected chi connectivity index (χ1v) is 8.82. The predicted molar refractivity (Wildman–Crippen MR) is 102 cm³/mol. The van der Waals surface area contributed by atoms with E-state index in [2.05, 4.69) is 5.32 Å². The van der Waals surface area contributed by atoms with Crippen LogP contribution in [0.1, 0.15) is 20.8 Å². The van der Waals surface area contributed by atoms with Crippen LogP contribution in [-0.4, -0.2) is 13.0 Å². The van der Waals surface area contributed by atoms with Crippen LogP contribution in [0.3, 0.4) is 0 Å². The Labute approximate surface area is 154 Å². The third-order valence-electron chi connectivity index (χ3n) is 3.76. The molecule has 1 heterocycles. The summed E-state index contributed by atoms with van der Waals surface area (Å²) >= 11 is 14.0. The zero-order valence-corrected chi connectivity index (χ0v) is 15.7. The first-order valence-electron chi connectivity index (χ1n) is 7.25. The molecule has 0 unspecified atom stereocenters. The highest BCUT2D eigenvalue weighted by Gasteiger charge is 2.20. The molecule has 3 aromatic rings. The molecule has 0 bridgehead atoms. The van der Waals surface area contributed by atoms with E-state index in [4.69, 9.17) is 27.9 Å². The number of thiophene rings is 1. The number of rotatable bonds is 3. The maximum Gasteiger partial charge on any atom is 0.267 e. The summed E-state index contributed by atoms with van der Waals surface area (Å²) in [5, 5.41) is 4.53. The number of aryl methyl sites for hydroxylation is 2. The molecular weight excluding hydrogens is 365 g/mol. The minimum absolute atomic E-state index is 0.247. The smallest absolute Gasteiger partial charge is 0.267 e. The minimum atomic E-state index is -0.247. The normalized spacial score (nSPS) is 10.9. The summed E-state index contributed by atoms with van der Waals surface area (Å²) in [6.45, 7) is 3.97. The Morgan fingerprint density at radius 3 is 2.54 bits per heavy atom. The van der Waals surface area contributed by atoms with Crippen molar-refractivity contribution >= 4 is 56.2 Å². The van der Waals surface area contributed by atoms with Crippen molar-refractivity contribution in [3.8, 4) is 5.75 Å². The number of benzene rings is 2. The molecule has 2 aromatic carbocycles. The zero-order valence-electron chi connectivity index (χ0n) is 13.4. The Bertz CT molecular complexity index is 950. The fraction of sp³-hybridized carbons (Fsp3) is 0.167. The van der Waals surface area contributed by atoms with E-state index in [1.54, 1.807) is 13.2 Å². The second-order valence-corrected chi connectivity index (χ2v) is 7.25. The summed E-state index contributed by atoms with van der Waals surface area (Å²) in [6.07, 6.45) is 0. The summed E-state index contributed by atoms with van der Waals surface area (Å²) in [7, 11) is 1.55. The summed E-state index contributed by atoms with van der Waals surface area (Å²) in [5.74, 6) is 0.312. The fourth-order valence-electron chi connectivity index (χ4n) is 2.52. The van der Waals surface area contributed by atoms with E-state index < -0.39 is 0 Å². The van der Waals surface area contributed by atoms with Crippen LogP contribution in [-0.2, 0) is 0 Å². The molecule has 0 fully saturated rings. The van der Waals surface area contributed by atoms with Gasteiger partial charge in [0.1, 0.15) is 15.6 Å².